The monoisotopic (exact) mass is 180 g/mol. The molecule has 2 N–H and O–H groups in total. The van der Waals surface area contributed by atoms with Crippen LogP contribution in [0.1, 0.15) is 20.8 Å². The molecule has 1 rings (SSSR count). The van der Waals surface area contributed by atoms with Crippen LogP contribution in [0, 0.1) is 0 Å². The molecule has 5 heteroatoms. The third-order valence-corrected chi connectivity index (χ3v) is 1.43. The Bertz CT molecular complexity index is 349. The number of carbonyl (C=O) groups is 2. The van der Waals surface area contributed by atoms with Gasteiger partial charge in [-0.2, -0.15) is 0 Å². The maximum atomic E-state index is 11.0. The molecular formula is C8H8N2O3. The summed E-state index contributed by atoms with van der Waals surface area (Å²) in [5.74, 6) is -1.20. The van der Waals surface area contributed by atoms with Gasteiger partial charge in [-0.05, 0) is 12.1 Å². The van der Waals surface area contributed by atoms with Gasteiger partial charge >= 0.3 is 5.97 Å². The van der Waals surface area contributed by atoms with Crippen molar-refractivity contribution in [3.63, 3.8) is 0 Å². The summed E-state index contributed by atoms with van der Waals surface area (Å²) in [6.45, 7) is 0. The van der Waals surface area contributed by atoms with Crippen molar-refractivity contribution in [1.82, 2.24) is 4.98 Å². The quantitative estimate of drug-likeness (QED) is 0.647. The van der Waals surface area contributed by atoms with E-state index in [2.05, 4.69) is 9.72 Å². The van der Waals surface area contributed by atoms with Crippen LogP contribution in [0.4, 0.5) is 0 Å². The van der Waals surface area contributed by atoms with E-state index < -0.39 is 11.9 Å². The van der Waals surface area contributed by atoms with Gasteiger partial charge in [-0.25, -0.2) is 4.79 Å². The lowest BCUT2D eigenvalue weighted by molar-refractivity contribution is 0.0600. The van der Waals surface area contributed by atoms with Gasteiger partial charge in [0.15, 0.2) is 0 Å². The second kappa shape index (κ2) is 3.66. The fourth-order valence-electron chi connectivity index (χ4n) is 0.810. The molecule has 1 heterocycles. The van der Waals surface area contributed by atoms with Gasteiger partial charge in [0, 0.05) is 6.20 Å². The number of esters is 1. The predicted octanol–water partition coefficient (Wildman–Crippen LogP) is -0.0329. The molecule has 0 atom stereocenters. The van der Waals surface area contributed by atoms with Crippen LogP contribution < -0.4 is 5.73 Å². The van der Waals surface area contributed by atoms with Crippen LogP contribution in [0.5, 0.6) is 0 Å². The van der Waals surface area contributed by atoms with Crippen LogP contribution in [0.25, 0.3) is 0 Å². The van der Waals surface area contributed by atoms with Crippen LogP contribution in [0.3, 0.4) is 0 Å². The zero-order valence-electron chi connectivity index (χ0n) is 6.98. The van der Waals surface area contributed by atoms with E-state index in [0.29, 0.717) is 0 Å². The predicted molar refractivity (Wildman–Crippen MR) is 44.1 cm³/mol. The highest BCUT2D eigenvalue weighted by Gasteiger charge is 2.08. The van der Waals surface area contributed by atoms with Crippen LogP contribution in [0.2, 0.25) is 0 Å². The molecule has 0 saturated heterocycles. The Kier molecular flexibility index (Phi) is 2.59. The SMILES string of the molecule is COC(=O)c1ccnc(C(N)=O)c1. The Labute approximate surface area is 74.5 Å². The lowest BCUT2D eigenvalue weighted by Gasteiger charge is -1.99. The highest BCUT2D eigenvalue weighted by molar-refractivity contribution is 5.95. The van der Waals surface area contributed by atoms with Gasteiger partial charge in [-0.1, -0.05) is 0 Å². The summed E-state index contributed by atoms with van der Waals surface area (Å²) in [5.41, 5.74) is 5.27. The first kappa shape index (κ1) is 9.18. The highest BCUT2D eigenvalue weighted by atomic mass is 16.5. The number of methoxy groups -OCH3 is 1. The van der Waals surface area contributed by atoms with E-state index in [1.807, 2.05) is 0 Å². The molecule has 0 fully saturated rings. The second-order valence-electron chi connectivity index (χ2n) is 2.29. The molecule has 5 nitrogen and oxygen atoms in total. The summed E-state index contributed by atoms with van der Waals surface area (Å²) in [6, 6.07) is 2.73. The summed E-state index contributed by atoms with van der Waals surface area (Å²) < 4.78 is 4.45. The van der Waals surface area contributed by atoms with Crippen molar-refractivity contribution in [3.05, 3.63) is 29.6 Å². The smallest absolute Gasteiger partial charge is 0.337 e. The fraction of sp³-hybridized carbons (Fsp3) is 0.125. The van der Waals surface area contributed by atoms with E-state index in [9.17, 15) is 9.59 Å². The van der Waals surface area contributed by atoms with Gasteiger partial charge in [0.2, 0.25) is 0 Å². The summed E-state index contributed by atoms with van der Waals surface area (Å²) in [5, 5.41) is 0. The molecule has 1 aromatic heterocycles. The van der Waals surface area contributed by atoms with Crippen LogP contribution >= 0.6 is 0 Å². The van der Waals surface area contributed by atoms with Crippen molar-refractivity contribution in [1.29, 1.82) is 0 Å². The Morgan fingerprint density at radius 3 is 2.77 bits per heavy atom. The normalized spacial score (nSPS) is 9.31. The molecule has 0 radical (unpaired) electrons. The zero-order chi connectivity index (χ0) is 9.84. The van der Waals surface area contributed by atoms with E-state index in [4.69, 9.17) is 5.73 Å². The van der Waals surface area contributed by atoms with Gasteiger partial charge in [0.25, 0.3) is 5.91 Å². The number of hydrogen-bond donors (Lipinski definition) is 1. The lowest BCUT2D eigenvalue weighted by atomic mass is 10.2. The third kappa shape index (κ3) is 2.02. The standard InChI is InChI=1S/C8H8N2O3/c1-13-8(12)5-2-3-10-6(4-5)7(9)11/h2-4H,1H3,(H2,9,11). The molecule has 0 bridgehead atoms. The topological polar surface area (TPSA) is 82.3 Å². The summed E-state index contributed by atoms with van der Waals surface area (Å²) >= 11 is 0. The average molecular weight is 180 g/mol. The van der Waals surface area contributed by atoms with Crippen molar-refractivity contribution in [2.75, 3.05) is 7.11 Å². The molecule has 1 aromatic rings. The molecule has 0 spiro atoms. The summed E-state index contributed by atoms with van der Waals surface area (Å²) in [4.78, 5) is 25.3. The van der Waals surface area contributed by atoms with Crippen LogP contribution in [-0.2, 0) is 4.74 Å². The number of pyridine rings is 1. The minimum absolute atomic E-state index is 0.0444. The second-order valence-corrected chi connectivity index (χ2v) is 2.29. The Balaban J connectivity index is 3.05. The molecule has 0 aromatic carbocycles. The number of ether oxygens (including phenoxy) is 1. The van der Waals surface area contributed by atoms with E-state index >= 15 is 0 Å². The Morgan fingerprint density at radius 1 is 1.54 bits per heavy atom. The molecule has 0 saturated carbocycles. The fourth-order valence-corrected chi connectivity index (χ4v) is 0.810. The molecule has 0 aliphatic rings. The highest BCUT2D eigenvalue weighted by Crippen LogP contribution is 2.02. The van der Waals surface area contributed by atoms with E-state index in [1.54, 1.807) is 0 Å². The number of primary amides is 1. The van der Waals surface area contributed by atoms with Crippen molar-refractivity contribution >= 4 is 11.9 Å². The van der Waals surface area contributed by atoms with Gasteiger partial charge < -0.3 is 10.5 Å². The largest absolute Gasteiger partial charge is 0.465 e. The lowest BCUT2D eigenvalue weighted by Crippen LogP contribution is -2.14. The van der Waals surface area contributed by atoms with Crippen molar-refractivity contribution in [2.24, 2.45) is 5.73 Å². The summed E-state index contributed by atoms with van der Waals surface area (Å²) in [6.07, 6.45) is 1.33. The Morgan fingerprint density at radius 2 is 2.23 bits per heavy atom. The number of rotatable bonds is 2. The molecule has 1 amide bonds. The third-order valence-electron chi connectivity index (χ3n) is 1.43. The minimum atomic E-state index is -0.675. The average Bonchev–Trinajstić information content (AvgIpc) is 2.17. The maximum absolute atomic E-state index is 11.0. The van der Waals surface area contributed by atoms with Crippen molar-refractivity contribution in [2.45, 2.75) is 0 Å². The molecule has 0 unspecified atom stereocenters. The molecule has 68 valence electrons. The number of hydrogen-bond acceptors (Lipinski definition) is 4. The first-order valence-electron chi connectivity index (χ1n) is 3.49. The number of aromatic nitrogens is 1. The number of nitrogens with zero attached hydrogens (tertiary/aromatic N) is 1. The first-order chi connectivity index (χ1) is 6.15. The molecule has 13 heavy (non-hydrogen) atoms. The zero-order valence-corrected chi connectivity index (χ0v) is 6.98. The van der Waals surface area contributed by atoms with Crippen LogP contribution in [0.15, 0.2) is 18.3 Å². The van der Waals surface area contributed by atoms with E-state index in [0.717, 1.165) is 0 Å². The maximum Gasteiger partial charge on any atom is 0.337 e. The van der Waals surface area contributed by atoms with Gasteiger partial charge in [0.05, 0.1) is 12.7 Å². The molecular weight excluding hydrogens is 172 g/mol. The van der Waals surface area contributed by atoms with E-state index in [-0.39, 0.29) is 11.3 Å². The van der Waals surface area contributed by atoms with Gasteiger partial charge in [-0.3, -0.25) is 9.78 Å². The van der Waals surface area contributed by atoms with Gasteiger partial charge in [0.1, 0.15) is 5.69 Å². The molecule has 0 aliphatic heterocycles. The van der Waals surface area contributed by atoms with Crippen LogP contribution in [-0.4, -0.2) is 24.0 Å². The van der Waals surface area contributed by atoms with Crippen molar-refractivity contribution in [3.8, 4) is 0 Å². The number of amides is 1. The minimum Gasteiger partial charge on any atom is -0.465 e. The summed E-state index contributed by atoms with van der Waals surface area (Å²) in [7, 11) is 1.26. The molecule has 0 aliphatic carbocycles. The van der Waals surface area contributed by atoms with E-state index in [1.165, 1.54) is 25.4 Å². The first-order valence-corrected chi connectivity index (χ1v) is 3.49. The van der Waals surface area contributed by atoms with Crippen molar-refractivity contribution < 1.29 is 14.3 Å². The van der Waals surface area contributed by atoms with Gasteiger partial charge in [-0.15, -0.1) is 0 Å². The number of nitrogens with two attached hydrogens (primary N) is 1. The number of carbonyl (C=O) groups excluding carboxylic acids is 2. The Hall–Kier alpha value is -1.91.